The van der Waals surface area contributed by atoms with Gasteiger partial charge in [-0.05, 0) is 51.2 Å². The first-order valence-corrected chi connectivity index (χ1v) is 9.77. The number of allylic oxidation sites excluding steroid dienone is 2. The molecule has 132 valence electrons. The van der Waals surface area contributed by atoms with Crippen molar-refractivity contribution in [2.24, 2.45) is 0 Å². The van der Waals surface area contributed by atoms with E-state index in [9.17, 15) is 4.79 Å². The summed E-state index contributed by atoms with van der Waals surface area (Å²) in [7, 11) is 0. The molecular weight excluding hydrogens is 332 g/mol. The molecule has 0 aliphatic heterocycles. The molecule has 0 unspecified atom stereocenters. The van der Waals surface area contributed by atoms with E-state index >= 15 is 0 Å². The number of carbonyl (C=O) groups excluding carboxylic acids is 1. The number of thioether (sulfide) groups is 1. The number of hydrogen-bond acceptors (Lipinski definition) is 4. The van der Waals surface area contributed by atoms with Gasteiger partial charge >= 0.3 is 0 Å². The molecule has 6 heteroatoms. The third kappa shape index (κ3) is 4.12. The number of hydrogen-bond donors (Lipinski definition) is 0. The Morgan fingerprint density at radius 2 is 2.16 bits per heavy atom. The third-order valence-corrected chi connectivity index (χ3v) is 5.38. The number of benzene rings is 1. The van der Waals surface area contributed by atoms with E-state index in [0.717, 1.165) is 35.8 Å². The lowest BCUT2D eigenvalue weighted by Gasteiger charge is -2.26. The Hall–Kier alpha value is -2.08. The van der Waals surface area contributed by atoms with Crippen molar-refractivity contribution in [3.8, 4) is 5.69 Å². The van der Waals surface area contributed by atoms with Gasteiger partial charge in [0.05, 0.1) is 11.4 Å². The van der Waals surface area contributed by atoms with Crippen LogP contribution >= 0.6 is 11.8 Å². The number of aryl methyl sites for hydroxylation is 1. The molecule has 0 atom stereocenters. The average Bonchev–Trinajstić information content (AvgIpc) is 3.10. The summed E-state index contributed by atoms with van der Waals surface area (Å²) < 4.78 is 1.95. The fraction of sp³-hybridized carbons (Fsp3) is 0.421. The van der Waals surface area contributed by atoms with E-state index in [1.54, 1.807) is 6.33 Å². The maximum atomic E-state index is 12.7. The second-order valence-electron chi connectivity index (χ2n) is 6.14. The van der Waals surface area contributed by atoms with Crippen LogP contribution in [-0.2, 0) is 4.79 Å². The second kappa shape index (κ2) is 8.34. The molecule has 5 nitrogen and oxygen atoms in total. The Labute approximate surface area is 153 Å². The molecule has 1 aliphatic rings. The minimum atomic E-state index is 0.139. The van der Waals surface area contributed by atoms with Crippen molar-refractivity contribution in [1.82, 2.24) is 19.7 Å². The topological polar surface area (TPSA) is 51.0 Å². The van der Waals surface area contributed by atoms with Crippen LogP contribution in [0.4, 0.5) is 0 Å². The van der Waals surface area contributed by atoms with Crippen molar-refractivity contribution in [3.63, 3.8) is 0 Å². The summed E-state index contributed by atoms with van der Waals surface area (Å²) in [5, 5.41) is 8.97. The molecule has 0 N–H and O–H groups in total. The highest BCUT2D eigenvalue weighted by molar-refractivity contribution is 7.99. The summed E-state index contributed by atoms with van der Waals surface area (Å²) in [6, 6.07) is 8.10. The molecule has 1 aromatic carbocycles. The van der Waals surface area contributed by atoms with Crippen molar-refractivity contribution in [2.45, 2.75) is 44.7 Å². The maximum Gasteiger partial charge on any atom is 0.237 e. The quantitative estimate of drug-likeness (QED) is 0.735. The highest BCUT2D eigenvalue weighted by Gasteiger charge is 2.19. The number of rotatable bonds is 6. The summed E-state index contributed by atoms with van der Waals surface area (Å²) in [4.78, 5) is 14.6. The molecule has 1 amide bonds. The highest BCUT2D eigenvalue weighted by atomic mass is 32.2. The molecule has 3 rings (SSSR count). The van der Waals surface area contributed by atoms with E-state index in [2.05, 4.69) is 29.3 Å². The summed E-state index contributed by atoms with van der Waals surface area (Å²) in [6.07, 6.45) is 8.40. The van der Waals surface area contributed by atoms with Gasteiger partial charge in [0.25, 0.3) is 0 Å². The number of aromatic nitrogens is 3. The second-order valence-corrected chi connectivity index (χ2v) is 7.08. The van der Waals surface area contributed by atoms with Gasteiger partial charge in [0.2, 0.25) is 5.91 Å². The van der Waals surface area contributed by atoms with Crippen molar-refractivity contribution >= 4 is 17.7 Å². The number of carbonyl (C=O) groups is 1. The monoisotopic (exact) mass is 356 g/mol. The predicted molar refractivity (Wildman–Crippen MR) is 101 cm³/mol. The number of para-hydroxylation sites is 1. The first kappa shape index (κ1) is 17.7. The Morgan fingerprint density at radius 1 is 1.32 bits per heavy atom. The first-order chi connectivity index (χ1) is 12.2. The fourth-order valence-electron chi connectivity index (χ4n) is 3.13. The zero-order chi connectivity index (χ0) is 17.6. The van der Waals surface area contributed by atoms with Crippen LogP contribution in [0.25, 0.3) is 5.69 Å². The van der Waals surface area contributed by atoms with Crippen molar-refractivity contribution in [1.29, 1.82) is 0 Å². The van der Waals surface area contributed by atoms with Crippen LogP contribution in [-0.4, -0.2) is 37.9 Å². The van der Waals surface area contributed by atoms with Crippen molar-refractivity contribution in [3.05, 3.63) is 47.9 Å². The van der Waals surface area contributed by atoms with Gasteiger partial charge in [0, 0.05) is 12.2 Å². The molecule has 0 saturated carbocycles. The van der Waals surface area contributed by atoms with Crippen LogP contribution in [0.15, 0.2) is 47.5 Å². The molecule has 1 heterocycles. The zero-order valence-electron chi connectivity index (χ0n) is 14.8. The van der Waals surface area contributed by atoms with E-state index in [1.807, 2.05) is 34.6 Å². The molecule has 0 radical (unpaired) electrons. The van der Waals surface area contributed by atoms with E-state index in [-0.39, 0.29) is 5.91 Å². The lowest BCUT2D eigenvalue weighted by Crippen LogP contribution is -2.32. The molecular formula is C19H24N4OS. The lowest BCUT2D eigenvalue weighted by atomic mass is 10.0. The van der Waals surface area contributed by atoms with E-state index < -0.39 is 0 Å². The average molecular weight is 356 g/mol. The smallest absolute Gasteiger partial charge is 0.237 e. The minimum Gasteiger partial charge on any atom is -0.316 e. The van der Waals surface area contributed by atoms with E-state index in [1.165, 1.54) is 30.3 Å². The Kier molecular flexibility index (Phi) is 5.91. The van der Waals surface area contributed by atoms with Crippen LogP contribution in [0.1, 0.15) is 38.2 Å². The summed E-state index contributed by atoms with van der Waals surface area (Å²) in [6.45, 7) is 4.81. The lowest BCUT2D eigenvalue weighted by molar-refractivity contribution is -0.126. The normalized spacial score (nSPS) is 14.2. The standard InChI is InChI=1S/C19H24N4OS/c1-3-22(16-10-5-4-6-11-16)18(24)13-25-19-21-20-14-23(19)17-12-8-7-9-15(17)2/h7-10,12,14H,3-6,11,13H2,1-2H3. The zero-order valence-corrected chi connectivity index (χ0v) is 15.6. The largest absolute Gasteiger partial charge is 0.316 e. The van der Waals surface area contributed by atoms with E-state index in [0.29, 0.717) is 5.75 Å². The van der Waals surface area contributed by atoms with Crippen molar-refractivity contribution < 1.29 is 4.79 Å². The van der Waals surface area contributed by atoms with Crippen LogP contribution in [0.3, 0.4) is 0 Å². The Balaban J connectivity index is 1.70. The van der Waals surface area contributed by atoms with Crippen LogP contribution in [0, 0.1) is 6.92 Å². The Morgan fingerprint density at radius 3 is 2.88 bits per heavy atom. The summed E-state index contributed by atoms with van der Waals surface area (Å²) in [5.41, 5.74) is 3.38. The first-order valence-electron chi connectivity index (χ1n) is 8.79. The van der Waals surface area contributed by atoms with Gasteiger partial charge in [-0.3, -0.25) is 9.36 Å². The molecule has 1 aliphatic carbocycles. The summed E-state index contributed by atoms with van der Waals surface area (Å²) >= 11 is 1.44. The minimum absolute atomic E-state index is 0.139. The summed E-state index contributed by atoms with van der Waals surface area (Å²) in [5.74, 6) is 0.510. The molecule has 1 aromatic heterocycles. The number of nitrogens with zero attached hydrogens (tertiary/aromatic N) is 4. The third-order valence-electron chi connectivity index (χ3n) is 4.45. The Bertz CT molecular complexity index is 768. The SMILES string of the molecule is CCN(C(=O)CSc1nncn1-c1ccccc1C)C1=CCCCC1. The fourth-order valence-corrected chi connectivity index (χ4v) is 3.93. The van der Waals surface area contributed by atoms with Gasteiger partial charge in [-0.1, -0.05) is 36.0 Å². The molecule has 0 spiro atoms. The van der Waals surface area contributed by atoms with E-state index in [4.69, 9.17) is 0 Å². The van der Waals surface area contributed by atoms with Crippen molar-refractivity contribution in [2.75, 3.05) is 12.3 Å². The van der Waals surface area contributed by atoms with Gasteiger partial charge in [-0.15, -0.1) is 10.2 Å². The molecule has 0 bridgehead atoms. The predicted octanol–water partition coefficient (Wildman–Crippen LogP) is 3.97. The van der Waals surface area contributed by atoms with Gasteiger partial charge in [0.15, 0.2) is 5.16 Å². The van der Waals surface area contributed by atoms with Crippen LogP contribution < -0.4 is 0 Å². The molecule has 25 heavy (non-hydrogen) atoms. The van der Waals surface area contributed by atoms with Gasteiger partial charge in [-0.25, -0.2) is 0 Å². The number of amides is 1. The van der Waals surface area contributed by atoms with Crippen LogP contribution in [0.5, 0.6) is 0 Å². The molecule has 2 aromatic rings. The highest BCUT2D eigenvalue weighted by Crippen LogP contribution is 2.25. The van der Waals surface area contributed by atoms with Gasteiger partial charge in [-0.2, -0.15) is 0 Å². The van der Waals surface area contributed by atoms with Crippen LogP contribution in [0.2, 0.25) is 0 Å². The van der Waals surface area contributed by atoms with Gasteiger partial charge < -0.3 is 4.90 Å². The molecule has 0 fully saturated rings. The van der Waals surface area contributed by atoms with Gasteiger partial charge in [0.1, 0.15) is 6.33 Å². The molecule has 0 saturated heterocycles. The maximum absolute atomic E-state index is 12.7.